The molecule has 2 atom stereocenters. The third-order valence-corrected chi connectivity index (χ3v) is 4.65. The number of hydrogen-bond donors (Lipinski definition) is 3. The Morgan fingerprint density at radius 2 is 2.24 bits per heavy atom. The molecule has 3 aromatic rings. The zero-order valence-electron chi connectivity index (χ0n) is 16.3. The van der Waals surface area contributed by atoms with Gasteiger partial charge in [0.05, 0.1) is 34.0 Å². The van der Waals surface area contributed by atoms with Crippen molar-refractivity contribution >= 4 is 25.4 Å². The number of H-pyrrole nitrogens is 1. The van der Waals surface area contributed by atoms with Crippen molar-refractivity contribution in [3.05, 3.63) is 58.5 Å². The number of nitriles is 1. The average molecular weight is 411 g/mol. The molecule has 0 aliphatic rings. The Kier molecular flexibility index (Phi) is 5.77. The highest BCUT2D eigenvalue weighted by molar-refractivity contribution is 6.32. The fourth-order valence-corrected chi connectivity index (χ4v) is 2.98. The fraction of sp³-hybridized carbons (Fsp3) is 0.263. The summed E-state index contributed by atoms with van der Waals surface area (Å²) in [5.41, 5.74) is 1.52. The van der Waals surface area contributed by atoms with Crippen molar-refractivity contribution in [2.75, 3.05) is 0 Å². The Bertz CT molecular complexity index is 1080. The highest BCUT2D eigenvalue weighted by Crippen LogP contribution is 2.24. The van der Waals surface area contributed by atoms with Crippen LogP contribution in [-0.4, -0.2) is 44.9 Å². The van der Waals surface area contributed by atoms with Crippen LogP contribution in [0, 0.1) is 11.3 Å². The van der Waals surface area contributed by atoms with Crippen LogP contribution in [0.5, 0.6) is 0 Å². The summed E-state index contributed by atoms with van der Waals surface area (Å²) in [4.78, 5) is 12.4. The quantitative estimate of drug-likeness (QED) is 0.531. The predicted octanol–water partition coefficient (Wildman–Crippen LogP) is 1.41. The molecule has 0 aliphatic heterocycles. The Labute approximate surface area is 173 Å². The van der Waals surface area contributed by atoms with Crippen LogP contribution >= 0.6 is 11.6 Å². The van der Waals surface area contributed by atoms with Crippen LogP contribution < -0.4 is 5.32 Å². The van der Waals surface area contributed by atoms with Gasteiger partial charge in [0.1, 0.15) is 11.8 Å². The number of carbonyl (C=O) groups is 1. The predicted molar refractivity (Wildman–Crippen MR) is 111 cm³/mol. The van der Waals surface area contributed by atoms with Gasteiger partial charge in [-0.05, 0) is 38.1 Å². The first-order valence-corrected chi connectivity index (χ1v) is 9.38. The standard InChI is InChI=1S/C19H20BClN6O2/c1-11(23-18(28)16-8-17(25-24-16)19(2,20)29)10-27-6-5-15(26-27)12-3-4-13(9-22)14(21)7-12/h3-8,11,29H,10,20H2,1-2H3,(H,23,28)(H,24,25)/t11-,19?/m0/s1. The molecule has 0 fully saturated rings. The number of aromatic amines is 1. The molecule has 29 heavy (non-hydrogen) atoms. The van der Waals surface area contributed by atoms with E-state index in [9.17, 15) is 9.90 Å². The second-order valence-corrected chi connectivity index (χ2v) is 7.74. The zero-order valence-corrected chi connectivity index (χ0v) is 17.0. The SMILES string of the molecule is BC(C)(O)c1cc(C(=O)N[C@@H](C)Cn2ccc(-c3ccc(C#N)c(Cl)c3)n2)n[nH]1. The first-order chi connectivity index (χ1) is 13.7. The highest BCUT2D eigenvalue weighted by atomic mass is 35.5. The molecule has 2 heterocycles. The maximum atomic E-state index is 12.4. The third-order valence-electron chi connectivity index (χ3n) is 4.33. The van der Waals surface area contributed by atoms with E-state index < -0.39 is 5.50 Å². The minimum Gasteiger partial charge on any atom is -0.393 e. The van der Waals surface area contributed by atoms with Crippen LogP contribution in [0.1, 0.15) is 35.6 Å². The molecule has 0 aliphatic carbocycles. The normalized spacial score (nSPS) is 14.0. The number of rotatable bonds is 6. The van der Waals surface area contributed by atoms with E-state index in [0.29, 0.717) is 22.8 Å². The first kappa shape index (κ1) is 20.6. The number of aliphatic hydroxyl groups is 1. The van der Waals surface area contributed by atoms with Crippen molar-refractivity contribution in [3.63, 3.8) is 0 Å². The van der Waals surface area contributed by atoms with E-state index in [4.69, 9.17) is 16.9 Å². The lowest BCUT2D eigenvalue weighted by atomic mass is 9.81. The minimum atomic E-state index is -1.10. The van der Waals surface area contributed by atoms with E-state index in [1.165, 1.54) is 6.07 Å². The maximum absolute atomic E-state index is 12.4. The van der Waals surface area contributed by atoms with Gasteiger partial charge in [0, 0.05) is 17.8 Å². The van der Waals surface area contributed by atoms with Gasteiger partial charge in [-0.25, -0.2) is 0 Å². The summed E-state index contributed by atoms with van der Waals surface area (Å²) >= 11 is 6.09. The van der Waals surface area contributed by atoms with E-state index in [-0.39, 0.29) is 17.6 Å². The summed E-state index contributed by atoms with van der Waals surface area (Å²) < 4.78 is 1.72. The molecule has 0 saturated carbocycles. The van der Waals surface area contributed by atoms with Crippen molar-refractivity contribution < 1.29 is 9.90 Å². The average Bonchev–Trinajstić information content (AvgIpc) is 3.31. The molecule has 1 aromatic carbocycles. The smallest absolute Gasteiger partial charge is 0.272 e. The molecule has 148 valence electrons. The number of nitrogens with one attached hydrogen (secondary N) is 2. The topological polar surface area (TPSA) is 120 Å². The molecule has 1 amide bonds. The lowest BCUT2D eigenvalue weighted by molar-refractivity contribution is 0.0931. The van der Waals surface area contributed by atoms with Crippen LogP contribution in [0.3, 0.4) is 0 Å². The molecule has 3 rings (SSSR count). The lowest BCUT2D eigenvalue weighted by Gasteiger charge is -2.14. The van der Waals surface area contributed by atoms with Crippen molar-refractivity contribution in [1.82, 2.24) is 25.3 Å². The van der Waals surface area contributed by atoms with E-state index in [2.05, 4.69) is 20.6 Å². The number of carbonyl (C=O) groups excluding carboxylic acids is 1. The van der Waals surface area contributed by atoms with Crippen LogP contribution in [-0.2, 0) is 12.0 Å². The summed E-state index contributed by atoms with van der Waals surface area (Å²) in [6, 6.07) is 10.3. The van der Waals surface area contributed by atoms with Gasteiger partial charge in [-0.1, -0.05) is 17.7 Å². The number of amides is 1. The second kappa shape index (κ2) is 8.11. The Morgan fingerprint density at radius 1 is 1.48 bits per heavy atom. The molecule has 0 spiro atoms. The molecular weight excluding hydrogens is 391 g/mol. The van der Waals surface area contributed by atoms with Crippen molar-refractivity contribution in [2.24, 2.45) is 0 Å². The molecule has 0 bridgehead atoms. The number of aromatic nitrogens is 4. The summed E-state index contributed by atoms with van der Waals surface area (Å²) in [5, 5.41) is 33.3. The number of benzene rings is 1. The van der Waals surface area contributed by atoms with Gasteiger partial charge < -0.3 is 10.4 Å². The molecule has 1 unspecified atom stereocenters. The number of nitrogens with zero attached hydrogens (tertiary/aromatic N) is 4. The van der Waals surface area contributed by atoms with E-state index >= 15 is 0 Å². The summed E-state index contributed by atoms with van der Waals surface area (Å²) in [6.45, 7) is 3.93. The second-order valence-electron chi connectivity index (χ2n) is 7.33. The number of halogens is 1. The Balaban J connectivity index is 1.64. The molecule has 8 nitrogen and oxygen atoms in total. The summed E-state index contributed by atoms with van der Waals surface area (Å²) in [7, 11) is 1.61. The van der Waals surface area contributed by atoms with Gasteiger partial charge in [0.15, 0.2) is 7.85 Å². The van der Waals surface area contributed by atoms with Crippen LogP contribution in [0.2, 0.25) is 5.02 Å². The fourth-order valence-electron chi connectivity index (χ4n) is 2.76. The first-order valence-electron chi connectivity index (χ1n) is 9.00. The molecule has 3 N–H and O–H groups in total. The van der Waals surface area contributed by atoms with Gasteiger partial charge in [0.2, 0.25) is 0 Å². The maximum Gasteiger partial charge on any atom is 0.272 e. The third kappa shape index (κ3) is 4.85. The Hall–Kier alpha value is -3.09. The van der Waals surface area contributed by atoms with Gasteiger partial charge in [-0.15, -0.1) is 0 Å². The van der Waals surface area contributed by atoms with Crippen molar-refractivity contribution in [2.45, 2.75) is 31.9 Å². The van der Waals surface area contributed by atoms with E-state index in [1.54, 1.807) is 37.7 Å². The summed E-state index contributed by atoms with van der Waals surface area (Å²) in [6.07, 6.45) is 1.81. The zero-order chi connectivity index (χ0) is 21.2. The monoisotopic (exact) mass is 410 g/mol. The van der Waals surface area contributed by atoms with Crippen LogP contribution in [0.4, 0.5) is 0 Å². The van der Waals surface area contributed by atoms with Gasteiger partial charge >= 0.3 is 0 Å². The highest BCUT2D eigenvalue weighted by Gasteiger charge is 2.21. The van der Waals surface area contributed by atoms with Crippen molar-refractivity contribution in [1.29, 1.82) is 5.26 Å². The molecule has 2 aromatic heterocycles. The molecular formula is C19H20BClN6O2. The van der Waals surface area contributed by atoms with Crippen LogP contribution in [0.25, 0.3) is 11.3 Å². The molecule has 0 saturated heterocycles. The van der Waals surface area contributed by atoms with Gasteiger partial charge in [-0.2, -0.15) is 15.5 Å². The molecule has 10 heteroatoms. The minimum absolute atomic E-state index is 0.206. The van der Waals surface area contributed by atoms with Crippen LogP contribution in [0.15, 0.2) is 36.5 Å². The van der Waals surface area contributed by atoms with E-state index in [0.717, 1.165) is 11.3 Å². The molecule has 0 radical (unpaired) electrons. The summed E-state index contributed by atoms with van der Waals surface area (Å²) in [5.74, 6) is -0.337. The van der Waals surface area contributed by atoms with Crippen molar-refractivity contribution in [3.8, 4) is 17.3 Å². The largest absolute Gasteiger partial charge is 0.393 e. The lowest BCUT2D eigenvalue weighted by Crippen LogP contribution is -2.36. The van der Waals surface area contributed by atoms with E-state index in [1.807, 2.05) is 25.3 Å². The number of hydrogen-bond acceptors (Lipinski definition) is 5. The van der Waals surface area contributed by atoms with Gasteiger partial charge in [-0.3, -0.25) is 14.6 Å². The Morgan fingerprint density at radius 3 is 2.86 bits per heavy atom. The van der Waals surface area contributed by atoms with Gasteiger partial charge in [0.25, 0.3) is 5.91 Å².